The number of rotatable bonds is 10. The van der Waals surface area contributed by atoms with Gasteiger partial charge in [-0.05, 0) is 49.1 Å². The average molecular weight is 544 g/mol. The molecule has 7 nitrogen and oxygen atoms in total. The van der Waals surface area contributed by atoms with Gasteiger partial charge in [-0.3, -0.25) is 23.9 Å². The summed E-state index contributed by atoms with van der Waals surface area (Å²) < 4.78 is 1.51. The van der Waals surface area contributed by atoms with Crippen molar-refractivity contribution >= 4 is 57.7 Å². The van der Waals surface area contributed by atoms with E-state index in [9.17, 15) is 24.8 Å². The van der Waals surface area contributed by atoms with Gasteiger partial charge in [0, 0.05) is 24.5 Å². The standard InChI is InChI=1S/C26H26ClN3O4S2/c1-3-4-5-12-29-23(32)19(15-28)16(2)22(25(29)34)20(31)7-6-13-30-24(33)21(36-26(30)35)14-17-8-10-18(27)11-9-17/h8-11,14,34H,3-7,12-13H2,1-2H3/b21-14-. The van der Waals surface area contributed by atoms with E-state index >= 15 is 0 Å². The quantitative estimate of drug-likeness (QED) is 0.184. The molecule has 0 saturated carbocycles. The van der Waals surface area contributed by atoms with E-state index < -0.39 is 17.2 Å². The van der Waals surface area contributed by atoms with E-state index in [1.165, 1.54) is 23.6 Å². The van der Waals surface area contributed by atoms with Crippen LogP contribution in [0.2, 0.25) is 5.02 Å². The third-order valence-corrected chi connectivity index (χ3v) is 7.52. The molecule has 1 aromatic heterocycles. The van der Waals surface area contributed by atoms with Crippen LogP contribution in [0.1, 0.15) is 66.1 Å². The topological polar surface area (TPSA) is 103 Å². The zero-order valence-corrected chi connectivity index (χ0v) is 22.4. The first-order chi connectivity index (χ1) is 17.2. The van der Waals surface area contributed by atoms with Crippen LogP contribution < -0.4 is 5.56 Å². The van der Waals surface area contributed by atoms with E-state index in [0.29, 0.717) is 27.1 Å². The van der Waals surface area contributed by atoms with Gasteiger partial charge in [-0.1, -0.05) is 67.5 Å². The molecule has 0 radical (unpaired) electrons. The molecule has 0 bridgehead atoms. The summed E-state index contributed by atoms with van der Waals surface area (Å²) in [6.07, 6.45) is 4.47. The number of unbranched alkanes of at least 4 members (excludes halogenated alkanes) is 2. The number of thioether (sulfide) groups is 1. The molecule has 2 aromatic rings. The number of nitrogens with zero attached hydrogens (tertiary/aromatic N) is 3. The number of Topliss-reactive ketones (excluding diaryl/α,β-unsaturated/α-hetero) is 1. The molecule has 1 amide bonds. The molecule has 1 aromatic carbocycles. The summed E-state index contributed by atoms with van der Waals surface area (Å²) in [6, 6.07) is 8.96. The molecule has 1 N–H and O–H groups in total. The number of aromatic hydroxyl groups is 1. The van der Waals surface area contributed by atoms with Crippen molar-refractivity contribution in [3.8, 4) is 11.9 Å². The highest BCUT2D eigenvalue weighted by molar-refractivity contribution is 8.26. The highest BCUT2D eigenvalue weighted by Crippen LogP contribution is 2.33. The van der Waals surface area contributed by atoms with E-state index in [1.54, 1.807) is 30.3 Å². The molecule has 36 heavy (non-hydrogen) atoms. The zero-order valence-electron chi connectivity index (χ0n) is 20.0. The fourth-order valence-electron chi connectivity index (χ4n) is 3.94. The molecule has 3 rings (SSSR count). The van der Waals surface area contributed by atoms with Crippen molar-refractivity contribution in [1.29, 1.82) is 5.26 Å². The highest BCUT2D eigenvalue weighted by atomic mass is 35.5. The number of hydrogen-bond acceptors (Lipinski definition) is 7. The van der Waals surface area contributed by atoms with Gasteiger partial charge in [0.05, 0.1) is 10.5 Å². The van der Waals surface area contributed by atoms with Crippen LogP contribution in [0, 0.1) is 18.3 Å². The molecule has 0 unspecified atom stereocenters. The fraction of sp³-hybridized carbons (Fsp3) is 0.346. The lowest BCUT2D eigenvalue weighted by Crippen LogP contribution is -2.30. The molecule has 2 heterocycles. The van der Waals surface area contributed by atoms with Crippen molar-refractivity contribution in [3.63, 3.8) is 0 Å². The number of nitriles is 1. The van der Waals surface area contributed by atoms with Gasteiger partial charge in [0.2, 0.25) is 5.88 Å². The monoisotopic (exact) mass is 543 g/mol. The van der Waals surface area contributed by atoms with Crippen LogP contribution in [0.3, 0.4) is 0 Å². The molecule has 188 valence electrons. The largest absolute Gasteiger partial charge is 0.494 e. The number of pyridine rings is 1. The van der Waals surface area contributed by atoms with Gasteiger partial charge < -0.3 is 5.11 Å². The van der Waals surface area contributed by atoms with E-state index in [-0.39, 0.29) is 42.1 Å². The van der Waals surface area contributed by atoms with Crippen LogP contribution >= 0.6 is 35.6 Å². The van der Waals surface area contributed by atoms with Crippen molar-refractivity contribution in [3.05, 3.63) is 66.8 Å². The SMILES string of the molecule is CCCCCn1c(O)c(C(=O)CCCN2C(=O)/C(=C/c3ccc(Cl)cc3)SC2=S)c(C)c(C#N)c1=O. The Morgan fingerprint density at radius 3 is 2.53 bits per heavy atom. The van der Waals surface area contributed by atoms with E-state index in [0.717, 1.165) is 23.0 Å². The number of carbonyl (C=O) groups excluding carboxylic acids is 2. The zero-order chi connectivity index (χ0) is 26.4. The summed E-state index contributed by atoms with van der Waals surface area (Å²) in [5, 5.41) is 20.8. The number of carbonyl (C=O) groups is 2. The Bertz CT molecular complexity index is 1330. The molecule has 1 aliphatic heterocycles. The van der Waals surface area contributed by atoms with Crippen LogP contribution in [-0.4, -0.2) is 37.1 Å². The molecule has 0 aliphatic carbocycles. The number of benzene rings is 1. The maximum atomic E-state index is 13.1. The smallest absolute Gasteiger partial charge is 0.271 e. The number of ketones is 1. The summed E-state index contributed by atoms with van der Waals surface area (Å²) >= 11 is 12.5. The number of hydrogen-bond donors (Lipinski definition) is 1. The van der Waals surface area contributed by atoms with E-state index in [2.05, 4.69) is 0 Å². The van der Waals surface area contributed by atoms with Gasteiger partial charge in [-0.25, -0.2) is 0 Å². The Kier molecular flexibility index (Phi) is 9.49. The number of halogens is 1. The Labute approximate surface area is 224 Å². The van der Waals surface area contributed by atoms with Gasteiger partial charge >= 0.3 is 0 Å². The van der Waals surface area contributed by atoms with Gasteiger partial charge in [0.25, 0.3) is 11.5 Å². The van der Waals surface area contributed by atoms with Gasteiger partial charge in [0.1, 0.15) is 16.0 Å². The molecule has 10 heteroatoms. The van der Waals surface area contributed by atoms with Gasteiger partial charge in [0.15, 0.2) is 5.78 Å². The minimum absolute atomic E-state index is 0.0136. The minimum Gasteiger partial charge on any atom is -0.494 e. The van der Waals surface area contributed by atoms with Gasteiger partial charge in [-0.2, -0.15) is 5.26 Å². The lowest BCUT2D eigenvalue weighted by atomic mass is 9.99. The average Bonchev–Trinajstić information content (AvgIpc) is 3.10. The second kappa shape index (κ2) is 12.3. The first-order valence-electron chi connectivity index (χ1n) is 11.6. The van der Waals surface area contributed by atoms with Gasteiger partial charge in [-0.15, -0.1) is 0 Å². The number of amides is 1. The predicted molar refractivity (Wildman–Crippen MR) is 146 cm³/mol. The van der Waals surface area contributed by atoms with Crippen LogP contribution in [0.25, 0.3) is 6.08 Å². The maximum absolute atomic E-state index is 13.1. The van der Waals surface area contributed by atoms with Crippen molar-refractivity contribution in [2.24, 2.45) is 0 Å². The lowest BCUT2D eigenvalue weighted by molar-refractivity contribution is -0.122. The van der Waals surface area contributed by atoms with Crippen molar-refractivity contribution in [1.82, 2.24) is 9.47 Å². The van der Waals surface area contributed by atoms with Crippen molar-refractivity contribution in [2.75, 3.05) is 6.54 Å². The lowest BCUT2D eigenvalue weighted by Gasteiger charge is -2.17. The third-order valence-electron chi connectivity index (χ3n) is 5.89. The van der Waals surface area contributed by atoms with Crippen LogP contribution in [-0.2, 0) is 11.3 Å². The summed E-state index contributed by atoms with van der Waals surface area (Å²) in [4.78, 5) is 40.5. The van der Waals surface area contributed by atoms with Crippen molar-refractivity contribution in [2.45, 2.75) is 52.5 Å². The summed E-state index contributed by atoms with van der Waals surface area (Å²) in [5.41, 5.74) is 0.245. The Morgan fingerprint density at radius 2 is 1.89 bits per heavy atom. The molecular formula is C26H26ClN3O4S2. The van der Waals surface area contributed by atoms with Crippen LogP contribution in [0.4, 0.5) is 0 Å². The van der Waals surface area contributed by atoms with Crippen LogP contribution in [0.5, 0.6) is 5.88 Å². The first-order valence-corrected chi connectivity index (χ1v) is 13.2. The predicted octanol–water partition coefficient (Wildman–Crippen LogP) is 5.44. The molecular weight excluding hydrogens is 518 g/mol. The summed E-state index contributed by atoms with van der Waals surface area (Å²) in [5.74, 6) is -1.04. The van der Waals surface area contributed by atoms with Crippen LogP contribution in [0.15, 0.2) is 34.0 Å². The molecule has 1 fully saturated rings. The molecule has 1 aliphatic rings. The van der Waals surface area contributed by atoms with E-state index in [1.807, 2.05) is 13.0 Å². The highest BCUT2D eigenvalue weighted by Gasteiger charge is 2.32. The first kappa shape index (κ1) is 27.7. The second-order valence-corrected chi connectivity index (χ2v) is 10.5. The summed E-state index contributed by atoms with van der Waals surface area (Å²) in [6.45, 7) is 3.96. The summed E-state index contributed by atoms with van der Waals surface area (Å²) in [7, 11) is 0. The Morgan fingerprint density at radius 1 is 1.19 bits per heavy atom. The Balaban J connectivity index is 1.72. The second-order valence-electron chi connectivity index (χ2n) is 8.39. The molecule has 0 atom stereocenters. The van der Waals surface area contributed by atoms with Crippen molar-refractivity contribution < 1.29 is 14.7 Å². The minimum atomic E-state index is -0.592. The number of aromatic nitrogens is 1. The Hall–Kier alpha value is -2.93. The normalized spacial score (nSPS) is 14.5. The van der Waals surface area contributed by atoms with E-state index in [4.69, 9.17) is 23.8 Å². The molecule has 0 spiro atoms. The fourth-order valence-corrected chi connectivity index (χ4v) is 5.37. The number of thiocarbonyl (C=S) groups is 1. The third kappa shape index (κ3) is 6.06. The molecule has 1 saturated heterocycles. The maximum Gasteiger partial charge on any atom is 0.271 e.